The van der Waals surface area contributed by atoms with Crippen LogP contribution in [0.5, 0.6) is 5.75 Å². The third-order valence-electron chi connectivity index (χ3n) is 2.88. The Balaban J connectivity index is 2.39. The van der Waals surface area contributed by atoms with Crippen LogP contribution in [0.1, 0.15) is 0 Å². The maximum absolute atomic E-state index is 5.43. The lowest BCUT2D eigenvalue weighted by Crippen LogP contribution is -1.90. The summed E-state index contributed by atoms with van der Waals surface area (Å²) in [6, 6.07) is 14.2. The quantitative estimate of drug-likeness (QED) is 0.725. The van der Waals surface area contributed by atoms with E-state index in [0.29, 0.717) is 0 Å². The topological polar surface area (TPSA) is 37.9 Å². The van der Waals surface area contributed by atoms with E-state index in [0.717, 1.165) is 22.4 Å². The first-order valence-corrected chi connectivity index (χ1v) is 5.45. The number of aromatic nitrogens is 2. The highest BCUT2D eigenvalue weighted by molar-refractivity contribution is 5.98. The normalized spacial score (nSPS) is 10.6. The Bertz CT molecular complexity index is 644. The van der Waals surface area contributed by atoms with E-state index in [1.165, 1.54) is 5.39 Å². The van der Waals surface area contributed by atoms with Crippen LogP contribution >= 0.6 is 0 Å². The van der Waals surface area contributed by atoms with Crippen molar-refractivity contribution in [3.8, 4) is 17.0 Å². The number of benzene rings is 2. The van der Waals surface area contributed by atoms with Crippen LogP contribution in [0.3, 0.4) is 0 Å². The molecule has 0 bridgehead atoms. The van der Waals surface area contributed by atoms with Crippen LogP contribution in [0, 0.1) is 0 Å². The summed E-state index contributed by atoms with van der Waals surface area (Å²) < 4.78 is 5.43. The lowest BCUT2D eigenvalue weighted by Gasteiger charge is -2.10. The molecule has 3 heteroatoms. The molecule has 1 aromatic heterocycles. The fraction of sp³-hybridized carbons (Fsp3) is 0.0714. The molecule has 1 N–H and O–H groups in total. The highest BCUT2D eigenvalue weighted by Gasteiger charge is 2.10. The molecule has 0 amide bonds. The van der Waals surface area contributed by atoms with Crippen LogP contribution in [0.4, 0.5) is 0 Å². The van der Waals surface area contributed by atoms with Gasteiger partial charge in [-0.1, -0.05) is 30.3 Å². The minimum Gasteiger partial charge on any atom is -0.496 e. The van der Waals surface area contributed by atoms with Gasteiger partial charge >= 0.3 is 0 Å². The maximum Gasteiger partial charge on any atom is 0.128 e. The Hall–Kier alpha value is -2.29. The molecule has 0 spiro atoms. The van der Waals surface area contributed by atoms with Crippen LogP contribution in [0.25, 0.3) is 22.0 Å². The third kappa shape index (κ3) is 1.56. The molecule has 0 atom stereocenters. The van der Waals surface area contributed by atoms with Gasteiger partial charge in [-0.15, -0.1) is 0 Å². The minimum atomic E-state index is 0.855. The molecule has 17 heavy (non-hydrogen) atoms. The van der Waals surface area contributed by atoms with Crippen LogP contribution < -0.4 is 4.74 Å². The summed E-state index contributed by atoms with van der Waals surface area (Å²) >= 11 is 0. The Morgan fingerprint density at radius 1 is 1.06 bits per heavy atom. The molecule has 3 aromatic rings. The summed E-state index contributed by atoms with van der Waals surface area (Å²) in [5.41, 5.74) is 2.03. The summed E-state index contributed by atoms with van der Waals surface area (Å²) in [5, 5.41) is 9.35. The van der Waals surface area contributed by atoms with E-state index in [9.17, 15) is 0 Å². The Kier molecular flexibility index (Phi) is 2.29. The molecule has 3 nitrogen and oxygen atoms in total. The molecule has 3 rings (SSSR count). The molecular weight excluding hydrogens is 212 g/mol. The van der Waals surface area contributed by atoms with Gasteiger partial charge in [0.1, 0.15) is 5.75 Å². The zero-order chi connectivity index (χ0) is 11.7. The maximum atomic E-state index is 5.43. The summed E-state index contributed by atoms with van der Waals surface area (Å²) in [7, 11) is 1.68. The van der Waals surface area contributed by atoms with Crippen molar-refractivity contribution >= 4 is 10.8 Å². The van der Waals surface area contributed by atoms with Gasteiger partial charge in [0.15, 0.2) is 0 Å². The Labute approximate surface area is 99.0 Å². The van der Waals surface area contributed by atoms with Crippen LogP contribution in [-0.4, -0.2) is 17.3 Å². The number of ether oxygens (including phenoxy) is 1. The highest BCUT2D eigenvalue weighted by atomic mass is 16.5. The van der Waals surface area contributed by atoms with Crippen molar-refractivity contribution in [3.63, 3.8) is 0 Å². The van der Waals surface area contributed by atoms with Crippen LogP contribution in [0.2, 0.25) is 0 Å². The van der Waals surface area contributed by atoms with Gasteiger partial charge in [-0.05, 0) is 22.9 Å². The van der Waals surface area contributed by atoms with Gasteiger partial charge < -0.3 is 4.74 Å². The predicted octanol–water partition coefficient (Wildman–Crippen LogP) is 3.24. The first-order valence-electron chi connectivity index (χ1n) is 5.45. The molecule has 0 radical (unpaired) electrons. The average Bonchev–Trinajstić information content (AvgIpc) is 2.91. The third-order valence-corrected chi connectivity index (χ3v) is 2.88. The molecule has 0 aliphatic heterocycles. The lowest BCUT2D eigenvalue weighted by atomic mass is 10.0. The summed E-state index contributed by atoms with van der Waals surface area (Å²) in [4.78, 5) is 0. The summed E-state index contributed by atoms with van der Waals surface area (Å²) in [6.07, 6.45) is 1.75. The number of nitrogens with one attached hydrogen (secondary N) is 1. The van der Waals surface area contributed by atoms with Crippen LogP contribution in [-0.2, 0) is 0 Å². The van der Waals surface area contributed by atoms with Gasteiger partial charge in [0.05, 0.1) is 12.8 Å². The monoisotopic (exact) mass is 224 g/mol. The van der Waals surface area contributed by atoms with Gasteiger partial charge in [-0.25, -0.2) is 0 Å². The van der Waals surface area contributed by atoms with Crippen molar-refractivity contribution in [1.29, 1.82) is 0 Å². The number of methoxy groups -OCH3 is 1. The molecular formula is C14H12N2O. The van der Waals surface area contributed by atoms with Gasteiger partial charge in [0, 0.05) is 11.8 Å². The van der Waals surface area contributed by atoms with Crippen molar-refractivity contribution in [2.45, 2.75) is 0 Å². The standard InChI is InChI=1S/C14H12N2O/c1-17-13-7-6-10-4-2-3-5-11(10)14(13)12-8-9-15-16-12/h2-9H,1H3,(H,15,16). The molecule has 0 fully saturated rings. The van der Waals surface area contributed by atoms with E-state index in [2.05, 4.69) is 28.4 Å². The van der Waals surface area contributed by atoms with E-state index < -0.39 is 0 Å². The van der Waals surface area contributed by atoms with Crippen molar-refractivity contribution in [2.75, 3.05) is 7.11 Å². The Morgan fingerprint density at radius 2 is 1.94 bits per heavy atom. The number of hydrogen-bond donors (Lipinski definition) is 1. The average molecular weight is 224 g/mol. The van der Waals surface area contributed by atoms with Gasteiger partial charge in [-0.2, -0.15) is 5.10 Å². The van der Waals surface area contributed by atoms with Gasteiger partial charge in [-0.3, -0.25) is 5.10 Å². The molecule has 0 unspecified atom stereocenters. The van der Waals surface area contributed by atoms with Crippen molar-refractivity contribution < 1.29 is 4.74 Å². The van der Waals surface area contributed by atoms with E-state index in [1.54, 1.807) is 13.3 Å². The second kappa shape index (κ2) is 3.94. The Morgan fingerprint density at radius 3 is 2.71 bits per heavy atom. The van der Waals surface area contributed by atoms with E-state index in [-0.39, 0.29) is 0 Å². The lowest BCUT2D eigenvalue weighted by molar-refractivity contribution is 0.417. The molecule has 84 valence electrons. The second-order valence-corrected chi connectivity index (χ2v) is 3.83. The molecule has 2 aromatic carbocycles. The first kappa shape index (κ1) is 9.90. The zero-order valence-electron chi connectivity index (χ0n) is 9.47. The summed E-state index contributed by atoms with van der Waals surface area (Å²) in [6.45, 7) is 0. The first-order chi connectivity index (χ1) is 8.40. The zero-order valence-corrected chi connectivity index (χ0v) is 9.47. The molecule has 1 heterocycles. The molecule has 0 aliphatic carbocycles. The van der Waals surface area contributed by atoms with Crippen molar-refractivity contribution in [2.24, 2.45) is 0 Å². The molecule has 0 aliphatic rings. The van der Waals surface area contributed by atoms with E-state index in [4.69, 9.17) is 4.74 Å². The number of rotatable bonds is 2. The van der Waals surface area contributed by atoms with Crippen LogP contribution in [0.15, 0.2) is 48.7 Å². The van der Waals surface area contributed by atoms with Gasteiger partial charge in [0.2, 0.25) is 0 Å². The fourth-order valence-corrected chi connectivity index (χ4v) is 2.09. The largest absolute Gasteiger partial charge is 0.496 e. The van der Waals surface area contributed by atoms with Gasteiger partial charge in [0.25, 0.3) is 0 Å². The van der Waals surface area contributed by atoms with Crippen molar-refractivity contribution in [3.05, 3.63) is 48.7 Å². The van der Waals surface area contributed by atoms with Crippen molar-refractivity contribution in [1.82, 2.24) is 10.2 Å². The smallest absolute Gasteiger partial charge is 0.128 e. The number of fused-ring (bicyclic) bond motifs is 1. The number of hydrogen-bond acceptors (Lipinski definition) is 2. The number of nitrogens with zero attached hydrogens (tertiary/aromatic N) is 1. The molecule has 0 saturated heterocycles. The second-order valence-electron chi connectivity index (χ2n) is 3.83. The summed E-state index contributed by atoms with van der Waals surface area (Å²) in [5.74, 6) is 0.855. The fourth-order valence-electron chi connectivity index (χ4n) is 2.09. The minimum absolute atomic E-state index is 0.855. The molecule has 0 saturated carbocycles. The number of aromatic amines is 1. The van der Waals surface area contributed by atoms with E-state index in [1.807, 2.05) is 24.3 Å². The SMILES string of the molecule is COc1ccc2ccccc2c1-c1ccn[nH]1. The number of H-pyrrole nitrogens is 1. The highest BCUT2D eigenvalue weighted by Crippen LogP contribution is 2.35. The van der Waals surface area contributed by atoms with E-state index >= 15 is 0 Å². The predicted molar refractivity (Wildman–Crippen MR) is 68.1 cm³/mol.